The van der Waals surface area contributed by atoms with Gasteiger partial charge in [-0.05, 0) is 19.3 Å². The minimum Gasteiger partial charge on any atom is -0.0771 e. The molecular formula is C8H9. The highest BCUT2D eigenvalue weighted by molar-refractivity contribution is 5.34. The summed E-state index contributed by atoms with van der Waals surface area (Å²) in [5, 5.41) is 0. The molecule has 0 N–H and O–H groups in total. The highest BCUT2D eigenvalue weighted by Crippen LogP contribution is 2.35. The van der Waals surface area contributed by atoms with Crippen LogP contribution in [0.5, 0.6) is 0 Å². The summed E-state index contributed by atoms with van der Waals surface area (Å²) >= 11 is 0. The van der Waals surface area contributed by atoms with Crippen LogP contribution < -0.4 is 0 Å². The summed E-state index contributed by atoms with van der Waals surface area (Å²) in [5.41, 5.74) is 1.63. The summed E-state index contributed by atoms with van der Waals surface area (Å²) in [4.78, 5) is 0. The molecule has 1 fully saturated rings. The largest absolute Gasteiger partial charge is 0.0771 e. The molecule has 0 nitrogen and oxygen atoms in total. The van der Waals surface area contributed by atoms with Gasteiger partial charge in [0.25, 0.3) is 0 Å². The second-order valence-corrected chi connectivity index (χ2v) is 2.52. The predicted octanol–water partition coefficient (Wildman–Crippen LogP) is 2.24. The lowest BCUT2D eigenvalue weighted by Gasteiger charge is -2.01. The van der Waals surface area contributed by atoms with Gasteiger partial charge in [0, 0.05) is 5.92 Å². The number of hydrogen-bond acceptors (Lipinski definition) is 0. The van der Waals surface area contributed by atoms with Gasteiger partial charge in [0.2, 0.25) is 0 Å². The van der Waals surface area contributed by atoms with E-state index in [9.17, 15) is 0 Å². The van der Waals surface area contributed by atoms with Crippen molar-refractivity contribution < 1.29 is 0 Å². The van der Waals surface area contributed by atoms with E-state index < -0.39 is 0 Å². The zero-order valence-corrected chi connectivity index (χ0v) is 4.85. The van der Waals surface area contributed by atoms with Crippen LogP contribution in [-0.4, -0.2) is 0 Å². The second kappa shape index (κ2) is 1.48. The Morgan fingerprint density at radius 3 is 3.00 bits per heavy atom. The molecule has 0 aromatic carbocycles. The van der Waals surface area contributed by atoms with Gasteiger partial charge in [0.05, 0.1) is 0 Å². The maximum atomic E-state index is 2.25. The lowest BCUT2D eigenvalue weighted by atomic mass is 10.0. The van der Waals surface area contributed by atoms with E-state index in [4.69, 9.17) is 0 Å². The molecule has 0 aliphatic heterocycles. The standard InChI is InChI=1S/C8H9/c1-2-7-4-5-8(3-1)6-7/h1-3H,4-6H2. The van der Waals surface area contributed by atoms with E-state index in [1.165, 1.54) is 19.3 Å². The van der Waals surface area contributed by atoms with Gasteiger partial charge >= 0.3 is 0 Å². The van der Waals surface area contributed by atoms with E-state index in [0.29, 0.717) is 0 Å². The average molecular weight is 105 g/mol. The highest BCUT2D eigenvalue weighted by atomic mass is 14.2. The van der Waals surface area contributed by atoms with Crippen molar-refractivity contribution in [1.82, 2.24) is 0 Å². The van der Waals surface area contributed by atoms with Crippen molar-refractivity contribution in [2.24, 2.45) is 0 Å². The molecule has 0 spiro atoms. The molecule has 0 aromatic rings. The van der Waals surface area contributed by atoms with E-state index in [-0.39, 0.29) is 0 Å². The number of rotatable bonds is 0. The zero-order chi connectivity index (χ0) is 5.40. The fourth-order valence-electron chi connectivity index (χ4n) is 1.39. The van der Waals surface area contributed by atoms with Crippen LogP contribution in [0.25, 0.3) is 0 Å². The summed E-state index contributed by atoms with van der Waals surface area (Å²) in [7, 11) is 0. The Balaban J connectivity index is 2.34. The molecule has 0 heteroatoms. The third-order valence-electron chi connectivity index (χ3n) is 1.89. The monoisotopic (exact) mass is 105 g/mol. The van der Waals surface area contributed by atoms with Gasteiger partial charge in [-0.2, -0.15) is 0 Å². The van der Waals surface area contributed by atoms with Crippen LogP contribution in [0.4, 0.5) is 0 Å². The van der Waals surface area contributed by atoms with Gasteiger partial charge in [-0.1, -0.05) is 23.8 Å². The highest BCUT2D eigenvalue weighted by Gasteiger charge is 2.18. The predicted molar refractivity (Wildman–Crippen MR) is 34.3 cm³/mol. The molecule has 0 amide bonds. The second-order valence-electron chi connectivity index (χ2n) is 2.52. The first-order chi connectivity index (χ1) is 3.95. The summed E-state index contributed by atoms with van der Waals surface area (Å²) in [6, 6.07) is 0. The molecule has 2 aliphatic rings. The Kier molecular flexibility index (Phi) is 0.806. The molecule has 0 atom stereocenters. The summed E-state index contributed by atoms with van der Waals surface area (Å²) in [6.07, 6.45) is 10.6. The molecule has 8 heavy (non-hydrogen) atoms. The smallest absolute Gasteiger partial charge is 0.00193 e. The Labute approximate surface area is 49.9 Å². The van der Waals surface area contributed by atoms with Crippen LogP contribution in [0, 0.1) is 5.92 Å². The van der Waals surface area contributed by atoms with Crippen LogP contribution >= 0.6 is 0 Å². The number of fused-ring (bicyclic) bond motifs is 2. The maximum absolute atomic E-state index is 2.25. The van der Waals surface area contributed by atoms with Crippen LogP contribution in [0.15, 0.2) is 23.8 Å². The number of allylic oxidation sites excluding steroid dienone is 4. The van der Waals surface area contributed by atoms with E-state index >= 15 is 0 Å². The van der Waals surface area contributed by atoms with Crippen molar-refractivity contribution in [3.63, 3.8) is 0 Å². The lowest BCUT2D eigenvalue weighted by molar-refractivity contribution is 0.983. The van der Waals surface area contributed by atoms with Gasteiger partial charge in [-0.25, -0.2) is 0 Å². The molecule has 1 radical (unpaired) electrons. The van der Waals surface area contributed by atoms with Gasteiger partial charge in [0.1, 0.15) is 0 Å². The van der Waals surface area contributed by atoms with Gasteiger partial charge < -0.3 is 0 Å². The normalized spacial score (nSPS) is 26.2. The molecule has 41 valence electrons. The molecule has 0 unspecified atom stereocenters. The van der Waals surface area contributed by atoms with E-state index in [2.05, 4.69) is 18.2 Å². The van der Waals surface area contributed by atoms with Crippen molar-refractivity contribution in [1.29, 1.82) is 0 Å². The first-order valence-electron chi connectivity index (χ1n) is 3.16. The molecule has 2 rings (SSSR count). The maximum Gasteiger partial charge on any atom is 0.00193 e. The van der Waals surface area contributed by atoms with Crippen molar-refractivity contribution >= 4 is 0 Å². The average Bonchev–Trinajstić information content (AvgIpc) is 2.12. The van der Waals surface area contributed by atoms with Gasteiger partial charge in [0.15, 0.2) is 0 Å². The Bertz CT molecular complexity index is 151. The number of hydrogen-bond donors (Lipinski definition) is 0. The Hall–Kier alpha value is -0.520. The minimum atomic E-state index is 1.27. The van der Waals surface area contributed by atoms with Crippen molar-refractivity contribution in [3.8, 4) is 0 Å². The van der Waals surface area contributed by atoms with Crippen LogP contribution in [0.1, 0.15) is 19.3 Å². The molecular weight excluding hydrogens is 96.1 g/mol. The van der Waals surface area contributed by atoms with Crippen molar-refractivity contribution in [3.05, 3.63) is 29.7 Å². The topological polar surface area (TPSA) is 0 Å². The first-order valence-corrected chi connectivity index (χ1v) is 3.16. The Morgan fingerprint density at radius 1 is 1.25 bits per heavy atom. The third kappa shape index (κ3) is 0.525. The molecule has 0 aromatic heterocycles. The molecule has 2 aliphatic carbocycles. The van der Waals surface area contributed by atoms with Gasteiger partial charge in [-0.3, -0.25) is 0 Å². The zero-order valence-electron chi connectivity index (χ0n) is 4.85. The lowest BCUT2D eigenvalue weighted by Crippen LogP contribution is -1.84. The van der Waals surface area contributed by atoms with Crippen LogP contribution in [0.2, 0.25) is 0 Å². The third-order valence-corrected chi connectivity index (χ3v) is 1.89. The molecule has 0 saturated heterocycles. The van der Waals surface area contributed by atoms with E-state index in [1.54, 1.807) is 11.5 Å². The van der Waals surface area contributed by atoms with E-state index in [0.717, 1.165) is 0 Å². The van der Waals surface area contributed by atoms with Crippen LogP contribution in [0.3, 0.4) is 0 Å². The fourth-order valence-corrected chi connectivity index (χ4v) is 1.39. The molecule has 2 bridgehead atoms. The van der Waals surface area contributed by atoms with E-state index in [1.807, 2.05) is 0 Å². The Morgan fingerprint density at radius 2 is 2.25 bits per heavy atom. The fraction of sp³-hybridized carbons (Fsp3) is 0.375. The summed E-state index contributed by atoms with van der Waals surface area (Å²) in [6.45, 7) is 0. The molecule has 0 heterocycles. The first kappa shape index (κ1) is 4.37. The van der Waals surface area contributed by atoms with Gasteiger partial charge in [-0.15, -0.1) is 0 Å². The quantitative estimate of drug-likeness (QED) is 0.443. The van der Waals surface area contributed by atoms with Crippen molar-refractivity contribution in [2.45, 2.75) is 19.3 Å². The van der Waals surface area contributed by atoms with Crippen LogP contribution in [-0.2, 0) is 0 Å². The SMILES string of the molecule is C1=C[C]2CCC(=C1)C2. The summed E-state index contributed by atoms with van der Waals surface area (Å²) in [5.74, 6) is 1.63. The minimum absolute atomic E-state index is 1.27. The summed E-state index contributed by atoms with van der Waals surface area (Å²) < 4.78 is 0. The molecule has 1 saturated carbocycles. The van der Waals surface area contributed by atoms with Crippen molar-refractivity contribution in [2.75, 3.05) is 0 Å².